The monoisotopic (exact) mass is 532 g/mol. The largest absolute Gasteiger partial charge is 0.496 e. The molecular formula is C29H31F3O6. The van der Waals surface area contributed by atoms with Crippen molar-refractivity contribution < 1.29 is 36.6 Å². The van der Waals surface area contributed by atoms with E-state index < -0.39 is 36.9 Å². The molecule has 6 nitrogen and oxygen atoms in total. The van der Waals surface area contributed by atoms with Gasteiger partial charge in [-0.05, 0) is 49.6 Å². The summed E-state index contributed by atoms with van der Waals surface area (Å²) in [5.41, 5.74) is 1.53. The van der Waals surface area contributed by atoms with Gasteiger partial charge >= 0.3 is 17.8 Å². The van der Waals surface area contributed by atoms with Gasteiger partial charge in [-0.25, -0.2) is 9.59 Å². The highest BCUT2D eigenvalue weighted by atomic mass is 19.4. The average Bonchev–Trinajstić information content (AvgIpc) is 2.87. The molecular weight excluding hydrogens is 501 g/mol. The van der Waals surface area contributed by atoms with Crippen molar-refractivity contribution in [1.82, 2.24) is 0 Å². The summed E-state index contributed by atoms with van der Waals surface area (Å²) in [5, 5.41) is 0.559. The van der Waals surface area contributed by atoms with Crippen LogP contribution in [0.3, 0.4) is 0 Å². The topological polar surface area (TPSA) is 75.0 Å². The number of halogens is 3. The fourth-order valence-corrected chi connectivity index (χ4v) is 3.80. The van der Waals surface area contributed by atoms with Crippen LogP contribution in [0.2, 0.25) is 0 Å². The summed E-state index contributed by atoms with van der Waals surface area (Å²) in [6.45, 7) is 5.14. The first-order chi connectivity index (χ1) is 18.0. The van der Waals surface area contributed by atoms with Crippen molar-refractivity contribution in [3.8, 4) is 22.6 Å². The van der Waals surface area contributed by atoms with Crippen molar-refractivity contribution in [2.75, 3.05) is 20.3 Å². The number of carbonyl (C=O) groups is 1. The van der Waals surface area contributed by atoms with Crippen LogP contribution in [0.4, 0.5) is 13.2 Å². The highest BCUT2D eigenvalue weighted by Gasteiger charge is 2.41. The third kappa shape index (κ3) is 7.40. The number of ether oxygens (including phenoxy) is 3. The Bertz CT molecular complexity index is 1340. The summed E-state index contributed by atoms with van der Waals surface area (Å²) in [6.07, 6.45) is -0.439. The maximum atomic E-state index is 13.4. The molecule has 0 saturated heterocycles. The fourth-order valence-electron chi connectivity index (χ4n) is 3.80. The van der Waals surface area contributed by atoms with Gasteiger partial charge in [0.05, 0.1) is 12.7 Å². The Morgan fingerprint density at radius 2 is 1.82 bits per heavy atom. The number of hydrogen-bond acceptors (Lipinski definition) is 6. The summed E-state index contributed by atoms with van der Waals surface area (Å²) in [4.78, 5) is 24.3. The van der Waals surface area contributed by atoms with Crippen LogP contribution in [0, 0.1) is 5.92 Å². The summed E-state index contributed by atoms with van der Waals surface area (Å²) < 4.78 is 61.2. The van der Waals surface area contributed by atoms with Crippen LogP contribution in [0.15, 0.2) is 63.8 Å². The van der Waals surface area contributed by atoms with Gasteiger partial charge in [-0.15, -0.1) is 0 Å². The van der Waals surface area contributed by atoms with E-state index in [9.17, 15) is 22.8 Å². The lowest BCUT2D eigenvalue weighted by atomic mass is 10.00. The predicted molar refractivity (Wildman–Crippen MR) is 139 cm³/mol. The van der Waals surface area contributed by atoms with E-state index in [-0.39, 0.29) is 16.9 Å². The first-order valence-electron chi connectivity index (χ1n) is 12.3. The molecule has 0 bridgehead atoms. The van der Waals surface area contributed by atoms with Crippen molar-refractivity contribution in [3.05, 3.63) is 70.6 Å². The van der Waals surface area contributed by atoms with Crippen LogP contribution < -0.4 is 15.1 Å². The van der Waals surface area contributed by atoms with Crippen LogP contribution in [-0.2, 0) is 16.0 Å². The number of esters is 1. The molecule has 0 aliphatic rings. The van der Waals surface area contributed by atoms with E-state index in [2.05, 4.69) is 18.2 Å². The van der Waals surface area contributed by atoms with Crippen molar-refractivity contribution in [2.45, 2.75) is 45.7 Å². The van der Waals surface area contributed by atoms with Gasteiger partial charge in [0.15, 0.2) is 0 Å². The van der Waals surface area contributed by atoms with Crippen LogP contribution in [0.1, 0.15) is 38.7 Å². The molecule has 0 aliphatic carbocycles. The van der Waals surface area contributed by atoms with Crippen LogP contribution in [0.5, 0.6) is 11.5 Å². The maximum absolute atomic E-state index is 13.4. The van der Waals surface area contributed by atoms with E-state index in [0.29, 0.717) is 22.3 Å². The minimum absolute atomic E-state index is 0.00342. The molecule has 0 fully saturated rings. The van der Waals surface area contributed by atoms with Crippen LogP contribution >= 0.6 is 0 Å². The minimum atomic E-state index is -4.65. The van der Waals surface area contributed by atoms with Gasteiger partial charge in [0, 0.05) is 22.6 Å². The van der Waals surface area contributed by atoms with Crippen LogP contribution in [0.25, 0.3) is 22.1 Å². The number of benzene rings is 2. The van der Waals surface area contributed by atoms with Gasteiger partial charge in [-0.2, -0.15) is 13.2 Å². The molecule has 2 aromatic carbocycles. The Kier molecular flexibility index (Phi) is 9.61. The Morgan fingerprint density at radius 3 is 2.47 bits per heavy atom. The van der Waals surface area contributed by atoms with Crippen molar-refractivity contribution in [3.63, 3.8) is 0 Å². The van der Waals surface area contributed by atoms with Gasteiger partial charge in [-0.1, -0.05) is 38.5 Å². The van der Waals surface area contributed by atoms with E-state index in [1.165, 1.54) is 26.2 Å². The molecule has 38 heavy (non-hydrogen) atoms. The number of unbranched alkanes of at least 4 members (excludes halogenated alkanes) is 2. The molecule has 0 aliphatic heterocycles. The SMILES string of the molecule is C=C(C)C(=O)OCC(COc1ccc2cc(-c3ccc(CCCCC)cc3OC)c(=O)oc2c1)C(F)(F)F. The summed E-state index contributed by atoms with van der Waals surface area (Å²) >= 11 is 0. The minimum Gasteiger partial charge on any atom is -0.496 e. The van der Waals surface area contributed by atoms with Gasteiger partial charge in [0.2, 0.25) is 0 Å². The lowest BCUT2D eigenvalue weighted by Gasteiger charge is -2.20. The molecule has 1 atom stereocenters. The molecule has 0 spiro atoms. The molecule has 204 valence electrons. The maximum Gasteiger partial charge on any atom is 0.398 e. The second-order valence-corrected chi connectivity index (χ2v) is 9.07. The van der Waals surface area contributed by atoms with Gasteiger partial charge < -0.3 is 18.6 Å². The quantitative estimate of drug-likeness (QED) is 0.110. The van der Waals surface area contributed by atoms with Gasteiger partial charge in [-0.3, -0.25) is 0 Å². The summed E-state index contributed by atoms with van der Waals surface area (Å²) in [5.74, 6) is -2.34. The van der Waals surface area contributed by atoms with Gasteiger partial charge in [0.25, 0.3) is 0 Å². The van der Waals surface area contributed by atoms with Crippen molar-refractivity contribution in [1.29, 1.82) is 0 Å². The molecule has 1 unspecified atom stereocenters. The predicted octanol–water partition coefficient (Wildman–Crippen LogP) is 6.88. The highest BCUT2D eigenvalue weighted by Crippen LogP contribution is 2.33. The second-order valence-electron chi connectivity index (χ2n) is 9.07. The zero-order valence-corrected chi connectivity index (χ0v) is 21.7. The molecule has 0 saturated carbocycles. The number of carbonyl (C=O) groups excluding carboxylic acids is 1. The normalized spacial score (nSPS) is 12.3. The van der Waals surface area contributed by atoms with E-state index >= 15 is 0 Å². The summed E-state index contributed by atoms with van der Waals surface area (Å²) in [7, 11) is 1.54. The Hall–Kier alpha value is -3.75. The molecule has 3 rings (SSSR count). The number of aryl methyl sites for hydroxylation is 1. The zero-order valence-electron chi connectivity index (χ0n) is 21.7. The first kappa shape index (κ1) is 28.8. The number of alkyl halides is 3. The van der Waals surface area contributed by atoms with Gasteiger partial charge in [0.1, 0.15) is 36.2 Å². The van der Waals surface area contributed by atoms with E-state index in [0.717, 1.165) is 31.2 Å². The first-order valence-corrected chi connectivity index (χ1v) is 12.3. The van der Waals surface area contributed by atoms with Crippen molar-refractivity contribution in [2.24, 2.45) is 5.92 Å². The number of rotatable bonds is 12. The number of methoxy groups -OCH3 is 1. The number of fused-ring (bicyclic) bond motifs is 1. The molecule has 0 N–H and O–H groups in total. The smallest absolute Gasteiger partial charge is 0.398 e. The average molecular weight is 533 g/mol. The lowest BCUT2D eigenvalue weighted by Crippen LogP contribution is -2.33. The van der Waals surface area contributed by atoms with Crippen molar-refractivity contribution >= 4 is 16.9 Å². The Balaban J connectivity index is 1.80. The lowest BCUT2D eigenvalue weighted by molar-refractivity contribution is -0.196. The molecule has 1 aromatic heterocycles. The summed E-state index contributed by atoms with van der Waals surface area (Å²) in [6, 6.07) is 11.8. The molecule has 1 heterocycles. The third-order valence-corrected chi connectivity index (χ3v) is 6.01. The molecule has 9 heteroatoms. The van der Waals surface area contributed by atoms with E-state index in [4.69, 9.17) is 13.9 Å². The zero-order chi connectivity index (χ0) is 27.9. The Morgan fingerprint density at radius 1 is 1.05 bits per heavy atom. The highest BCUT2D eigenvalue weighted by molar-refractivity contribution is 5.87. The second kappa shape index (κ2) is 12.7. The van der Waals surface area contributed by atoms with E-state index in [1.807, 2.05) is 18.2 Å². The third-order valence-electron chi connectivity index (χ3n) is 6.01. The Labute approximate surface area is 219 Å². The fraction of sp³-hybridized carbons (Fsp3) is 0.379. The van der Waals surface area contributed by atoms with Crippen LogP contribution in [-0.4, -0.2) is 32.5 Å². The van der Waals surface area contributed by atoms with E-state index in [1.54, 1.807) is 12.1 Å². The standard InChI is InChI=1S/C29H31F3O6/c1-5-6-7-8-19-9-12-23(26(13-19)35-4)24-14-20-10-11-22(15-25(20)38-28(24)34)36-16-21(29(30,31)32)17-37-27(33)18(2)3/h9-15,21H,2,5-8,16-17H2,1,3-4H3. The molecule has 0 amide bonds. The number of hydrogen-bond donors (Lipinski definition) is 0. The molecule has 3 aromatic rings. The molecule has 0 radical (unpaired) electrons.